The van der Waals surface area contributed by atoms with E-state index in [0.717, 1.165) is 0 Å². The van der Waals surface area contributed by atoms with Crippen molar-refractivity contribution in [3.05, 3.63) is 0 Å². The van der Waals surface area contributed by atoms with Gasteiger partial charge in [-0.1, -0.05) is 0 Å². The van der Waals surface area contributed by atoms with Gasteiger partial charge in [0, 0.05) is 0 Å². The molecular weight excluding hydrogens is 311 g/mol. The van der Waals surface area contributed by atoms with Gasteiger partial charge in [-0.2, -0.15) is 0 Å². The van der Waals surface area contributed by atoms with Gasteiger partial charge in [0.25, 0.3) is 0 Å². The Morgan fingerprint density at radius 1 is 0.571 bits per heavy atom. The molecule has 0 aliphatic rings. The molecule has 0 aliphatic heterocycles. The molecule has 4 nitrogen and oxygen atoms in total. The molecule has 0 aromatic rings. The molecule has 0 saturated carbocycles. The Morgan fingerprint density at radius 3 is 0.571 bits per heavy atom. The molecule has 0 unspecified atom stereocenters. The van der Waals surface area contributed by atoms with Gasteiger partial charge in [0.2, 0.25) is 0 Å². The first-order valence-corrected chi connectivity index (χ1v) is 0. The zero-order chi connectivity index (χ0) is 0. The van der Waals surface area contributed by atoms with Crippen LogP contribution < -0.4 is 0 Å². The van der Waals surface area contributed by atoms with Crippen LogP contribution in [0.1, 0.15) is 0 Å². The van der Waals surface area contributed by atoms with E-state index in [1.807, 2.05) is 0 Å². The maximum Gasteiger partial charge on any atom is 3.00 e. The number of hydrogen-bond acceptors (Lipinski definition) is 0. The second-order valence-corrected chi connectivity index (χ2v) is 0. The van der Waals surface area contributed by atoms with Crippen LogP contribution in [0.2, 0.25) is 0 Å². The van der Waals surface area contributed by atoms with E-state index in [9.17, 15) is 0 Å². The Labute approximate surface area is 90.9 Å². The molecule has 0 N–H and O–H groups in total. The van der Waals surface area contributed by atoms with E-state index in [0.29, 0.717) is 0 Å². The molecule has 0 spiro atoms. The van der Waals surface area contributed by atoms with Crippen molar-refractivity contribution < 1.29 is 91.9 Å². The van der Waals surface area contributed by atoms with Crippen LogP contribution in [0.25, 0.3) is 0 Å². The minimum Gasteiger partial charge on any atom is -2.00 e. The molecule has 1 radical (unpaired) electrons. The van der Waals surface area contributed by atoms with E-state index in [1.54, 1.807) is 0 Å². The smallest absolute Gasteiger partial charge is 2.00 e. The molecule has 0 atom stereocenters. The van der Waals surface area contributed by atoms with Crippen LogP contribution in [-0.2, 0) is 56.3 Å². The van der Waals surface area contributed by atoms with Gasteiger partial charge < -0.3 is 21.9 Å². The monoisotopic (exact) mass is 311 g/mol. The third kappa shape index (κ3) is 68.8. The predicted molar refractivity (Wildman–Crippen MR) is 2.75 cm³/mol. The second-order valence-electron chi connectivity index (χ2n) is 0. The fourth-order valence-corrected chi connectivity index (χ4v) is 0. The molecule has 0 fully saturated rings. The van der Waals surface area contributed by atoms with Crippen molar-refractivity contribution in [3.63, 3.8) is 0 Å². The molecule has 0 saturated heterocycles. The summed E-state index contributed by atoms with van der Waals surface area (Å²) in [7, 11) is 0. The van der Waals surface area contributed by atoms with E-state index < -0.39 is 0 Å². The summed E-state index contributed by atoms with van der Waals surface area (Å²) in [5.74, 6) is 0. The molecule has 7 heavy (non-hydrogen) atoms. The Morgan fingerprint density at radius 2 is 0.571 bits per heavy atom. The van der Waals surface area contributed by atoms with E-state index in [2.05, 4.69) is 0 Å². The summed E-state index contributed by atoms with van der Waals surface area (Å²) in [6, 6.07) is 0. The Kier molecular flexibility index (Phi) is 1820. The van der Waals surface area contributed by atoms with Crippen LogP contribution in [0.4, 0.5) is 0 Å². The van der Waals surface area contributed by atoms with Crippen LogP contribution in [0.5, 0.6) is 0 Å². The van der Waals surface area contributed by atoms with Crippen LogP contribution in [0, 0.1) is 35.6 Å². The maximum absolute atomic E-state index is 0. The Hall–Kier alpha value is 2.09. The molecule has 0 amide bonds. The summed E-state index contributed by atoms with van der Waals surface area (Å²) in [6.45, 7) is 0. The van der Waals surface area contributed by atoms with Gasteiger partial charge in [0.05, 0.1) is 0 Å². The molecule has 0 rings (SSSR count). The predicted octanol–water partition coefficient (Wildman–Crippen LogP) is -0.480. The maximum atomic E-state index is 0. The molecular formula is CrFeLaO4. The van der Waals surface area contributed by atoms with Crippen molar-refractivity contribution >= 4 is 0 Å². The number of rotatable bonds is 0. The minimum absolute atomic E-state index is 0. The zero-order valence-corrected chi connectivity index (χ0v) is 8.98. The largest absolute Gasteiger partial charge is 3.00 e. The second kappa shape index (κ2) is 93.3. The third-order valence-corrected chi connectivity index (χ3v) is 0. The van der Waals surface area contributed by atoms with E-state index in [-0.39, 0.29) is 91.9 Å². The van der Waals surface area contributed by atoms with Crippen LogP contribution in [0.15, 0.2) is 0 Å². The van der Waals surface area contributed by atoms with Crippen molar-refractivity contribution in [2.75, 3.05) is 0 Å². The summed E-state index contributed by atoms with van der Waals surface area (Å²) < 4.78 is 0. The average Bonchev–Trinajstić information content (AvgIpc) is 0. The summed E-state index contributed by atoms with van der Waals surface area (Å²) in [4.78, 5) is 0. The van der Waals surface area contributed by atoms with Crippen molar-refractivity contribution in [1.29, 1.82) is 0 Å². The normalized spacial score (nSPS) is 0. The summed E-state index contributed by atoms with van der Waals surface area (Å²) in [5, 5.41) is 0. The average molecular weight is 311 g/mol. The van der Waals surface area contributed by atoms with Gasteiger partial charge in [0.1, 0.15) is 0 Å². The molecule has 0 aromatic carbocycles. The van der Waals surface area contributed by atoms with Gasteiger partial charge in [0.15, 0.2) is 0 Å². The molecule has 41 valence electrons. The molecule has 0 heterocycles. The zero-order valence-electron chi connectivity index (χ0n) is 2.97. The summed E-state index contributed by atoms with van der Waals surface area (Å²) >= 11 is 0. The van der Waals surface area contributed by atoms with Gasteiger partial charge in [-0.25, -0.2) is 0 Å². The van der Waals surface area contributed by atoms with Gasteiger partial charge in [-0.15, -0.1) is 0 Å². The Balaban J connectivity index is 0. The first-order valence-electron chi connectivity index (χ1n) is 0. The van der Waals surface area contributed by atoms with Gasteiger partial charge >= 0.3 is 70.0 Å². The fraction of sp³-hybridized carbons (Fsp3) is 0. The SMILES string of the molecule is [Cr+3].[Fe+2].[La+3].[O-2].[O-2].[O-2].[O-2]. The van der Waals surface area contributed by atoms with Crippen LogP contribution >= 0.6 is 0 Å². The van der Waals surface area contributed by atoms with Crippen LogP contribution in [0.3, 0.4) is 0 Å². The van der Waals surface area contributed by atoms with Crippen molar-refractivity contribution in [2.24, 2.45) is 0 Å². The van der Waals surface area contributed by atoms with Gasteiger partial charge in [-0.05, 0) is 0 Å². The quantitative estimate of drug-likeness (QED) is 0.538. The van der Waals surface area contributed by atoms with Crippen molar-refractivity contribution in [3.8, 4) is 0 Å². The first-order chi connectivity index (χ1) is 0. The fourth-order valence-electron chi connectivity index (χ4n) is 0. The molecule has 0 bridgehead atoms. The van der Waals surface area contributed by atoms with E-state index in [4.69, 9.17) is 0 Å². The standard InChI is InChI=1S/Cr.Fe.La.4O/q+3;+2;+3;4*-2. The first kappa shape index (κ1) is 136. The Bertz CT molecular complexity index is 11.7. The third-order valence-electron chi connectivity index (χ3n) is 0. The number of hydrogen-bond donors (Lipinski definition) is 0. The molecule has 7 heteroatoms. The van der Waals surface area contributed by atoms with Crippen molar-refractivity contribution in [1.82, 2.24) is 0 Å². The van der Waals surface area contributed by atoms with E-state index >= 15 is 0 Å². The molecule has 0 aliphatic carbocycles. The topological polar surface area (TPSA) is 114 Å². The van der Waals surface area contributed by atoms with Crippen molar-refractivity contribution in [2.45, 2.75) is 0 Å². The summed E-state index contributed by atoms with van der Waals surface area (Å²) in [5.41, 5.74) is 0. The van der Waals surface area contributed by atoms with Gasteiger partial charge in [-0.3, -0.25) is 0 Å². The summed E-state index contributed by atoms with van der Waals surface area (Å²) in [6.07, 6.45) is 0. The van der Waals surface area contributed by atoms with E-state index in [1.165, 1.54) is 0 Å². The molecule has 0 aromatic heterocycles. The van der Waals surface area contributed by atoms with Crippen LogP contribution in [-0.4, -0.2) is 0 Å². The minimum atomic E-state index is 0.